The molecule has 0 bridgehead atoms. The number of likely N-dealkylation sites (N-methyl/N-ethyl adjacent to an activating group) is 1. The number of hydrogen-bond acceptors (Lipinski definition) is 7. The van der Waals surface area contributed by atoms with Gasteiger partial charge in [0.25, 0.3) is 7.82 Å². The summed E-state index contributed by atoms with van der Waals surface area (Å²) in [5, 5.41) is 3.04. The molecule has 1 N–H and O–H groups in total. The molecular formula is C77H139N2O7P. The summed E-state index contributed by atoms with van der Waals surface area (Å²) in [7, 11) is 1.17. The van der Waals surface area contributed by atoms with Gasteiger partial charge in [0.1, 0.15) is 19.3 Å². The van der Waals surface area contributed by atoms with E-state index in [1.165, 1.54) is 186 Å². The lowest BCUT2D eigenvalue weighted by Gasteiger charge is -2.30. The van der Waals surface area contributed by atoms with Crippen LogP contribution in [0.15, 0.2) is 97.2 Å². The third-order valence-corrected chi connectivity index (χ3v) is 17.0. The molecule has 0 fully saturated rings. The van der Waals surface area contributed by atoms with E-state index in [1.807, 2.05) is 33.3 Å². The Morgan fingerprint density at radius 2 is 0.736 bits per heavy atom. The number of hydrogen-bond donors (Lipinski definition) is 1. The lowest BCUT2D eigenvalue weighted by molar-refractivity contribution is -0.870. The van der Waals surface area contributed by atoms with Gasteiger partial charge in [-0.2, -0.15) is 0 Å². The molecule has 9 nitrogen and oxygen atoms in total. The topological polar surface area (TPSA) is 114 Å². The molecule has 0 aliphatic heterocycles. The molecule has 0 spiro atoms. The molecule has 0 saturated heterocycles. The third kappa shape index (κ3) is 67.2. The average Bonchev–Trinajstić information content (AvgIpc) is 3.70. The maximum absolute atomic E-state index is 13.6. The summed E-state index contributed by atoms with van der Waals surface area (Å²) in [4.78, 5) is 40.2. The van der Waals surface area contributed by atoms with Gasteiger partial charge in [0.2, 0.25) is 5.91 Å². The van der Waals surface area contributed by atoms with Crippen LogP contribution in [0.1, 0.15) is 329 Å². The second-order valence-corrected chi connectivity index (χ2v) is 27.1. The van der Waals surface area contributed by atoms with Crippen molar-refractivity contribution in [2.75, 3.05) is 40.9 Å². The molecule has 1 amide bonds. The van der Waals surface area contributed by atoms with Gasteiger partial charge in [-0.05, 0) is 109 Å². The van der Waals surface area contributed by atoms with Gasteiger partial charge >= 0.3 is 5.97 Å². The molecule has 87 heavy (non-hydrogen) atoms. The quantitative estimate of drug-likeness (QED) is 0.0212. The summed E-state index contributed by atoms with van der Waals surface area (Å²) >= 11 is 0. The smallest absolute Gasteiger partial charge is 0.306 e. The summed E-state index contributed by atoms with van der Waals surface area (Å²) in [6, 6.07) is -0.905. The van der Waals surface area contributed by atoms with Gasteiger partial charge in [0.15, 0.2) is 0 Å². The number of phosphoric acid groups is 1. The highest BCUT2D eigenvalue weighted by atomic mass is 31.2. The van der Waals surface area contributed by atoms with Crippen LogP contribution in [-0.2, 0) is 27.9 Å². The van der Waals surface area contributed by atoms with Crippen molar-refractivity contribution >= 4 is 19.7 Å². The molecule has 3 atom stereocenters. The molecule has 3 unspecified atom stereocenters. The molecule has 0 aromatic rings. The van der Waals surface area contributed by atoms with Crippen molar-refractivity contribution in [1.82, 2.24) is 5.32 Å². The zero-order valence-corrected chi connectivity index (χ0v) is 58.6. The number of phosphoric ester groups is 1. The van der Waals surface area contributed by atoms with Gasteiger partial charge in [-0.1, -0.05) is 305 Å². The number of carbonyl (C=O) groups is 2. The second-order valence-electron chi connectivity index (χ2n) is 25.7. The van der Waals surface area contributed by atoms with Crippen LogP contribution < -0.4 is 10.2 Å². The van der Waals surface area contributed by atoms with E-state index in [2.05, 4.69) is 111 Å². The lowest BCUT2D eigenvalue weighted by atomic mass is 10.0. The van der Waals surface area contributed by atoms with Crippen LogP contribution in [0.4, 0.5) is 0 Å². The van der Waals surface area contributed by atoms with Gasteiger partial charge in [0.05, 0.1) is 33.8 Å². The van der Waals surface area contributed by atoms with Crippen molar-refractivity contribution < 1.29 is 37.3 Å². The minimum absolute atomic E-state index is 0.0296. The van der Waals surface area contributed by atoms with Crippen LogP contribution >= 0.6 is 7.82 Å². The summed E-state index contributed by atoms with van der Waals surface area (Å²) in [6.07, 6.45) is 89.6. The Morgan fingerprint density at radius 3 is 1.11 bits per heavy atom. The van der Waals surface area contributed by atoms with E-state index < -0.39 is 26.6 Å². The summed E-state index contributed by atoms with van der Waals surface area (Å²) in [5.41, 5.74) is 0. The van der Waals surface area contributed by atoms with Crippen molar-refractivity contribution in [2.24, 2.45) is 0 Å². The first-order chi connectivity index (χ1) is 42.4. The lowest BCUT2D eigenvalue weighted by Crippen LogP contribution is -2.47. The van der Waals surface area contributed by atoms with Crippen molar-refractivity contribution in [1.29, 1.82) is 0 Å². The number of quaternary nitrogens is 1. The number of esters is 1. The molecule has 0 aromatic heterocycles. The minimum Gasteiger partial charge on any atom is -0.756 e. The fraction of sp³-hybridized carbons (Fsp3) is 0.766. The highest BCUT2D eigenvalue weighted by Crippen LogP contribution is 2.38. The normalized spacial score (nSPS) is 14.1. The van der Waals surface area contributed by atoms with Crippen LogP contribution in [-0.4, -0.2) is 69.4 Å². The molecule has 0 saturated carbocycles. The van der Waals surface area contributed by atoms with E-state index in [0.29, 0.717) is 23.9 Å². The first-order valence-corrected chi connectivity index (χ1v) is 38.0. The molecule has 0 aliphatic rings. The number of unbranched alkanes of at least 4 members (excludes halogenated alkanes) is 36. The predicted octanol–water partition coefficient (Wildman–Crippen LogP) is 22.8. The minimum atomic E-state index is -4.72. The molecule has 0 aliphatic carbocycles. The van der Waals surface area contributed by atoms with Gasteiger partial charge < -0.3 is 28.5 Å². The van der Waals surface area contributed by atoms with Gasteiger partial charge in [0, 0.05) is 12.8 Å². The van der Waals surface area contributed by atoms with E-state index >= 15 is 0 Å². The van der Waals surface area contributed by atoms with Crippen LogP contribution in [0.25, 0.3) is 0 Å². The Labute approximate surface area is 538 Å². The summed E-state index contributed by atoms with van der Waals surface area (Å²) in [5.74, 6) is -0.563. The van der Waals surface area contributed by atoms with Gasteiger partial charge in [-0.25, -0.2) is 0 Å². The molecule has 504 valence electrons. The first-order valence-electron chi connectivity index (χ1n) is 36.5. The maximum atomic E-state index is 13.6. The Balaban J connectivity index is 5.13. The first kappa shape index (κ1) is 83.9. The Morgan fingerprint density at radius 1 is 0.414 bits per heavy atom. The molecule has 0 aromatic carbocycles. The fourth-order valence-electron chi connectivity index (χ4n) is 10.4. The fourth-order valence-corrected chi connectivity index (χ4v) is 11.1. The number of nitrogens with one attached hydrogen (secondary N) is 1. The largest absolute Gasteiger partial charge is 0.756 e. The Kier molecular flexibility index (Phi) is 63.5. The Bertz CT molecular complexity index is 1810. The number of amides is 1. The zero-order valence-electron chi connectivity index (χ0n) is 57.7. The van der Waals surface area contributed by atoms with Crippen molar-refractivity contribution in [3.05, 3.63) is 97.2 Å². The number of allylic oxidation sites excluding steroid dienone is 15. The number of ether oxygens (including phenoxy) is 1. The van der Waals surface area contributed by atoms with Crippen LogP contribution in [0, 0.1) is 0 Å². The average molecular weight is 1240 g/mol. The second kappa shape index (κ2) is 65.9. The van der Waals surface area contributed by atoms with Crippen LogP contribution in [0.2, 0.25) is 0 Å². The number of nitrogens with zero attached hydrogens (tertiary/aromatic N) is 1. The summed E-state index contributed by atoms with van der Waals surface area (Å²) < 4.78 is 30.5. The van der Waals surface area contributed by atoms with Gasteiger partial charge in [-0.15, -0.1) is 0 Å². The number of carbonyl (C=O) groups excluding carboxylic acids is 2. The third-order valence-electron chi connectivity index (χ3n) is 16.0. The molecule has 0 rings (SSSR count). The SMILES string of the molecule is CC/C=C\C/C=C\C/C=C\C/C=C\C/C=C\C/C=C\CCCCCCC(=O)OC(/C=C/CCCCCCCCCCCCC)C(COP(=O)([O-])OCC[N+](C)(C)C)NC(=O)CCCCCCCCCCCCCCCCC/C=C/CCCCCCCC. The van der Waals surface area contributed by atoms with Crippen molar-refractivity contribution in [2.45, 2.75) is 341 Å². The van der Waals surface area contributed by atoms with Crippen molar-refractivity contribution in [3.8, 4) is 0 Å². The standard InChI is InChI=1S/C77H139N2O7P/c1-7-10-13-16-19-22-25-28-30-32-34-36-38-39-41-42-44-46-48-51-54-57-60-63-66-69-76(80)78-74(73-85-87(82,83)84-72-71-79(4,5)6)75(68-65-62-59-56-53-50-27-24-21-18-15-12-9-3)86-77(81)70-67-64-61-58-55-52-49-47-45-43-40-37-35-33-31-29-26-23-20-17-14-11-8-2/h11,14,20,23,28-31,35,37,43,45,49,52,65,68,74-75H,7-10,12-13,15-19,21-22,24-27,32-34,36,38-42,44,46-48,50-51,53-64,66-67,69-73H2,1-6H3,(H-,78,80,82,83)/b14-11-,23-20-,30-28+,31-29-,37-35-,45-43-,52-49-,68-65+. The zero-order chi connectivity index (χ0) is 63.5. The molecular weight excluding hydrogens is 1100 g/mol. The summed E-state index contributed by atoms with van der Waals surface area (Å²) in [6.45, 7) is 6.74. The van der Waals surface area contributed by atoms with Crippen molar-refractivity contribution in [3.63, 3.8) is 0 Å². The Hall–Kier alpha value is -3.07. The highest BCUT2D eigenvalue weighted by molar-refractivity contribution is 7.45. The molecule has 0 radical (unpaired) electrons. The molecule has 0 heterocycles. The number of rotatable bonds is 66. The van der Waals surface area contributed by atoms with E-state index in [9.17, 15) is 19.0 Å². The van der Waals surface area contributed by atoms with E-state index in [-0.39, 0.29) is 24.9 Å². The monoisotopic (exact) mass is 1240 g/mol. The van der Waals surface area contributed by atoms with Crippen LogP contribution in [0.5, 0.6) is 0 Å². The van der Waals surface area contributed by atoms with Gasteiger partial charge in [-0.3, -0.25) is 14.2 Å². The molecule has 10 heteroatoms. The predicted molar refractivity (Wildman–Crippen MR) is 376 cm³/mol. The van der Waals surface area contributed by atoms with E-state index in [1.54, 1.807) is 0 Å². The van der Waals surface area contributed by atoms with E-state index in [0.717, 1.165) is 103 Å². The maximum Gasteiger partial charge on any atom is 0.306 e. The highest BCUT2D eigenvalue weighted by Gasteiger charge is 2.27. The van der Waals surface area contributed by atoms with Crippen LogP contribution in [0.3, 0.4) is 0 Å². The van der Waals surface area contributed by atoms with E-state index in [4.69, 9.17) is 13.8 Å².